The number of allylic oxidation sites excluding steroid dienone is 1. The van der Waals surface area contributed by atoms with Crippen LogP contribution in [0.1, 0.15) is 42.5 Å². The van der Waals surface area contributed by atoms with Crippen LogP contribution >= 0.6 is 0 Å². The number of aliphatic imine (C=N–C) groups is 1. The highest BCUT2D eigenvalue weighted by molar-refractivity contribution is 6.01. The molecule has 3 heteroatoms. The highest BCUT2D eigenvalue weighted by Gasteiger charge is 2.21. The minimum Gasteiger partial charge on any atom is -0.382 e. The lowest BCUT2D eigenvalue weighted by atomic mass is 9.86. The van der Waals surface area contributed by atoms with Gasteiger partial charge in [-0.25, -0.2) is 0 Å². The standard InChI is InChI=1S/C17H21N3/c1-11(2)19-16-6-4-5-13-9-14(7-8-15(13)16)17-18-10-12(3)20-17/h7-9,16,19H,1,3-6,10H2,2H3,(H,18,20)/t16-/m0/s1. The SMILES string of the molecule is C=C(C)N[C@H]1CCCc2cc(C3=NCC(=C)N3)ccc21. The normalized spacial score (nSPS) is 20.9. The molecule has 2 aliphatic rings. The zero-order valence-corrected chi connectivity index (χ0v) is 12.0. The van der Waals surface area contributed by atoms with E-state index in [1.54, 1.807) is 0 Å². The lowest BCUT2D eigenvalue weighted by molar-refractivity contribution is 0.500. The minimum atomic E-state index is 0.402. The molecule has 1 aromatic rings. The van der Waals surface area contributed by atoms with Gasteiger partial charge in [0.05, 0.1) is 12.6 Å². The Morgan fingerprint density at radius 1 is 1.45 bits per heavy atom. The quantitative estimate of drug-likeness (QED) is 0.883. The molecule has 0 saturated heterocycles. The maximum atomic E-state index is 4.48. The van der Waals surface area contributed by atoms with Crippen LogP contribution in [-0.2, 0) is 6.42 Å². The summed E-state index contributed by atoms with van der Waals surface area (Å²) in [6.45, 7) is 10.6. The first-order valence-electron chi connectivity index (χ1n) is 7.18. The Balaban J connectivity index is 1.89. The van der Waals surface area contributed by atoms with Gasteiger partial charge in [0.25, 0.3) is 0 Å². The van der Waals surface area contributed by atoms with E-state index in [1.807, 2.05) is 6.92 Å². The Hall–Kier alpha value is -2.03. The van der Waals surface area contributed by atoms with Gasteiger partial charge in [-0.3, -0.25) is 4.99 Å². The van der Waals surface area contributed by atoms with E-state index in [-0.39, 0.29) is 0 Å². The second kappa shape index (κ2) is 5.16. The molecule has 104 valence electrons. The summed E-state index contributed by atoms with van der Waals surface area (Å²) >= 11 is 0. The predicted octanol–water partition coefficient (Wildman–Crippen LogP) is 3.05. The molecule has 0 aromatic heterocycles. The summed E-state index contributed by atoms with van der Waals surface area (Å²) in [7, 11) is 0. The van der Waals surface area contributed by atoms with Crippen LogP contribution in [0.4, 0.5) is 0 Å². The van der Waals surface area contributed by atoms with Crippen LogP contribution in [0.2, 0.25) is 0 Å². The molecule has 1 heterocycles. The molecule has 1 atom stereocenters. The van der Waals surface area contributed by atoms with Gasteiger partial charge < -0.3 is 10.6 Å². The van der Waals surface area contributed by atoms with Crippen LogP contribution in [-0.4, -0.2) is 12.4 Å². The number of hydrogen-bond acceptors (Lipinski definition) is 3. The number of nitrogens with one attached hydrogen (secondary N) is 2. The maximum Gasteiger partial charge on any atom is 0.132 e. The molecule has 0 saturated carbocycles. The van der Waals surface area contributed by atoms with Gasteiger partial charge in [-0.15, -0.1) is 0 Å². The third kappa shape index (κ3) is 2.48. The third-order valence-corrected chi connectivity index (χ3v) is 3.87. The summed E-state index contributed by atoms with van der Waals surface area (Å²) in [6.07, 6.45) is 3.54. The van der Waals surface area contributed by atoms with Gasteiger partial charge in [0, 0.05) is 17.0 Å². The second-order valence-corrected chi connectivity index (χ2v) is 5.68. The number of fused-ring (bicyclic) bond motifs is 1. The van der Waals surface area contributed by atoms with Crippen molar-refractivity contribution in [2.45, 2.75) is 32.2 Å². The average molecular weight is 267 g/mol. The van der Waals surface area contributed by atoms with Crippen LogP contribution in [0.3, 0.4) is 0 Å². The summed E-state index contributed by atoms with van der Waals surface area (Å²) in [5.74, 6) is 0.952. The third-order valence-electron chi connectivity index (χ3n) is 3.87. The van der Waals surface area contributed by atoms with Crippen LogP contribution < -0.4 is 10.6 Å². The van der Waals surface area contributed by atoms with E-state index < -0.39 is 0 Å². The van der Waals surface area contributed by atoms with E-state index in [4.69, 9.17) is 0 Å². The molecule has 1 aliphatic carbocycles. The van der Waals surface area contributed by atoms with Crippen LogP contribution in [0.15, 0.2) is 47.7 Å². The van der Waals surface area contributed by atoms with Crippen molar-refractivity contribution in [2.75, 3.05) is 6.54 Å². The van der Waals surface area contributed by atoms with E-state index in [0.29, 0.717) is 12.6 Å². The van der Waals surface area contributed by atoms with Gasteiger partial charge >= 0.3 is 0 Å². The molecule has 0 unspecified atom stereocenters. The Morgan fingerprint density at radius 2 is 2.30 bits per heavy atom. The van der Waals surface area contributed by atoms with Crippen molar-refractivity contribution < 1.29 is 0 Å². The van der Waals surface area contributed by atoms with Crippen LogP contribution in [0, 0.1) is 0 Å². The molecular weight excluding hydrogens is 246 g/mol. The topological polar surface area (TPSA) is 36.4 Å². The van der Waals surface area contributed by atoms with E-state index >= 15 is 0 Å². The Bertz CT molecular complexity index is 598. The fourth-order valence-corrected chi connectivity index (χ4v) is 2.99. The molecule has 0 bridgehead atoms. The maximum absolute atomic E-state index is 4.48. The van der Waals surface area contributed by atoms with Crippen molar-refractivity contribution in [2.24, 2.45) is 4.99 Å². The molecule has 2 N–H and O–H groups in total. The zero-order valence-electron chi connectivity index (χ0n) is 12.0. The molecule has 3 nitrogen and oxygen atoms in total. The fraction of sp³-hybridized carbons (Fsp3) is 0.353. The van der Waals surface area contributed by atoms with Gasteiger partial charge in [0.2, 0.25) is 0 Å². The van der Waals surface area contributed by atoms with Crippen LogP contribution in [0.5, 0.6) is 0 Å². The van der Waals surface area contributed by atoms with Crippen molar-refractivity contribution in [1.82, 2.24) is 10.6 Å². The molecule has 0 amide bonds. The molecule has 0 spiro atoms. The first-order chi connectivity index (χ1) is 9.63. The molecule has 0 fully saturated rings. The number of nitrogens with zero attached hydrogens (tertiary/aromatic N) is 1. The number of rotatable bonds is 3. The molecular formula is C17H21N3. The van der Waals surface area contributed by atoms with Crippen molar-refractivity contribution in [3.8, 4) is 0 Å². The van der Waals surface area contributed by atoms with E-state index in [1.165, 1.54) is 29.5 Å². The van der Waals surface area contributed by atoms with Crippen molar-refractivity contribution >= 4 is 5.84 Å². The first kappa shape index (κ1) is 13.0. The zero-order chi connectivity index (χ0) is 14.1. The fourth-order valence-electron chi connectivity index (χ4n) is 2.99. The van der Waals surface area contributed by atoms with E-state index in [9.17, 15) is 0 Å². The molecule has 0 radical (unpaired) electrons. The number of amidine groups is 1. The Morgan fingerprint density at radius 3 is 3.00 bits per heavy atom. The largest absolute Gasteiger partial charge is 0.382 e. The number of hydrogen-bond donors (Lipinski definition) is 2. The Kier molecular flexibility index (Phi) is 3.35. The highest BCUT2D eigenvalue weighted by Crippen LogP contribution is 2.31. The van der Waals surface area contributed by atoms with Crippen molar-refractivity contribution in [3.05, 3.63) is 59.4 Å². The van der Waals surface area contributed by atoms with Gasteiger partial charge in [-0.05, 0) is 43.4 Å². The first-order valence-corrected chi connectivity index (χ1v) is 7.18. The number of benzene rings is 1. The molecule has 1 aromatic carbocycles. The second-order valence-electron chi connectivity index (χ2n) is 5.68. The van der Waals surface area contributed by atoms with E-state index in [2.05, 4.69) is 47.0 Å². The highest BCUT2D eigenvalue weighted by atomic mass is 15.1. The summed E-state index contributed by atoms with van der Waals surface area (Å²) in [5, 5.41) is 6.73. The molecule has 3 rings (SSSR count). The van der Waals surface area contributed by atoms with Gasteiger partial charge in [-0.1, -0.05) is 25.3 Å². The Labute approximate surface area is 120 Å². The predicted molar refractivity (Wildman–Crippen MR) is 83.8 cm³/mol. The summed E-state index contributed by atoms with van der Waals surface area (Å²) < 4.78 is 0. The van der Waals surface area contributed by atoms with Crippen LogP contribution in [0.25, 0.3) is 0 Å². The smallest absolute Gasteiger partial charge is 0.132 e. The van der Waals surface area contributed by atoms with Crippen molar-refractivity contribution in [3.63, 3.8) is 0 Å². The van der Waals surface area contributed by atoms with E-state index in [0.717, 1.165) is 23.7 Å². The van der Waals surface area contributed by atoms with Crippen molar-refractivity contribution in [1.29, 1.82) is 0 Å². The lowest BCUT2D eigenvalue weighted by Crippen LogP contribution is -2.24. The van der Waals surface area contributed by atoms with Gasteiger partial charge in [-0.2, -0.15) is 0 Å². The van der Waals surface area contributed by atoms with Gasteiger partial charge in [0.1, 0.15) is 5.84 Å². The molecule has 20 heavy (non-hydrogen) atoms. The summed E-state index contributed by atoms with van der Waals surface area (Å²) in [6, 6.07) is 7.06. The van der Waals surface area contributed by atoms with Gasteiger partial charge in [0.15, 0.2) is 0 Å². The number of aryl methyl sites for hydroxylation is 1. The minimum absolute atomic E-state index is 0.402. The monoisotopic (exact) mass is 267 g/mol. The molecule has 1 aliphatic heterocycles. The summed E-state index contributed by atoms with van der Waals surface area (Å²) in [4.78, 5) is 4.48. The average Bonchev–Trinajstić information content (AvgIpc) is 2.84. The summed E-state index contributed by atoms with van der Waals surface area (Å²) in [5.41, 5.74) is 6.00. The lowest BCUT2D eigenvalue weighted by Gasteiger charge is -2.27.